The van der Waals surface area contributed by atoms with E-state index in [4.69, 9.17) is 0 Å². The Morgan fingerprint density at radius 3 is 2.46 bits per heavy atom. The number of carbonyl (C=O) groups is 2. The molecule has 1 unspecified atom stereocenters. The highest BCUT2D eigenvalue weighted by Crippen LogP contribution is 2.29. The number of Topliss-reactive ketones (excluding diaryl/α,β-unsaturated/α-hetero) is 1. The van der Waals surface area contributed by atoms with Crippen molar-refractivity contribution in [1.82, 2.24) is 14.9 Å². The van der Waals surface area contributed by atoms with Gasteiger partial charge in [-0.1, -0.05) is 12.1 Å². The molecule has 2 fully saturated rings. The van der Waals surface area contributed by atoms with E-state index >= 15 is 0 Å². The summed E-state index contributed by atoms with van der Waals surface area (Å²) in [4.78, 5) is 25.8. The van der Waals surface area contributed by atoms with Crippen LogP contribution in [-0.2, 0) is 14.8 Å². The van der Waals surface area contributed by atoms with Gasteiger partial charge >= 0.3 is 0 Å². The Morgan fingerprint density at radius 2 is 1.85 bits per heavy atom. The van der Waals surface area contributed by atoms with Gasteiger partial charge in [-0.15, -0.1) is 0 Å². The molecule has 1 heterocycles. The second kappa shape index (κ2) is 7.85. The first-order valence-electron chi connectivity index (χ1n) is 8.99. The number of amides is 1. The Balaban J connectivity index is 1.42. The topological polar surface area (TPSA) is 95.6 Å². The Kier molecular flexibility index (Phi) is 5.74. The smallest absolute Gasteiger partial charge is 0.240 e. The molecule has 26 heavy (non-hydrogen) atoms. The van der Waals surface area contributed by atoms with E-state index < -0.39 is 10.0 Å². The maximum absolute atomic E-state index is 12.2. The lowest BCUT2D eigenvalue weighted by Crippen LogP contribution is -2.39. The molecule has 0 spiro atoms. The van der Waals surface area contributed by atoms with Crippen molar-refractivity contribution >= 4 is 21.7 Å². The van der Waals surface area contributed by atoms with Crippen molar-refractivity contribution < 1.29 is 18.0 Å². The average molecular weight is 379 g/mol. The maximum atomic E-state index is 12.2. The van der Waals surface area contributed by atoms with Crippen LogP contribution in [0.4, 0.5) is 0 Å². The molecule has 7 nitrogen and oxygen atoms in total. The van der Waals surface area contributed by atoms with Crippen molar-refractivity contribution in [3.05, 3.63) is 29.8 Å². The van der Waals surface area contributed by atoms with Crippen molar-refractivity contribution in [2.24, 2.45) is 0 Å². The van der Waals surface area contributed by atoms with Gasteiger partial charge in [0.15, 0.2) is 5.78 Å². The number of carbonyl (C=O) groups excluding carboxylic acids is 2. The second-order valence-electron chi connectivity index (χ2n) is 7.01. The van der Waals surface area contributed by atoms with Crippen LogP contribution in [0.5, 0.6) is 0 Å². The summed E-state index contributed by atoms with van der Waals surface area (Å²) < 4.78 is 26.9. The number of hydrogen-bond donors (Lipinski definition) is 2. The van der Waals surface area contributed by atoms with Crippen LogP contribution in [0.25, 0.3) is 0 Å². The number of nitrogens with zero attached hydrogens (tertiary/aromatic N) is 1. The van der Waals surface area contributed by atoms with Gasteiger partial charge in [0, 0.05) is 43.7 Å². The van der Waals surface area contributed by atoms with E-state index in [1.54, 1.807) is 0 Å². The van der Waals surface area contributed by atoms with E-state index in [9.17, 15) is 18.0 Å². The molecule has 1 aromatic carbocycles. The second-order valence-corrected chi connectivity index (χ2v) is 8.77. The fraction of sp³-hybridized carbons (Fsp3) is 0.556. The SMILES string of the molecule is CC(=O)c1ccc(S(=O)(=O)NCCC(=O)NC2CCN(C3CC3)C2)cc1. The zero-order valence-corrected chi connectivity index (χ0v) is 15.7. The van der Waals surface area contributed by atoms with Crippen LogP contribution in [0.2, 0.25) is 0 Å². The van der Waals surface area contributed by atoms with Gasteiger partial charge in [-0.05, 0) is 38.3 Å². The van der Waals surface area contributed by atoms with Crippen LogP contribution in [0.1, 0.15) is 43.0 Å². The Bertz CT molecular complexity index is 772. The molecule has 1 saturated heterocycles. The zero-order chi connectivity index (χ0) is 18.7. The minimum atomic E-state index is -3.69. The molecule has 1 atom stereocenters. The van der Waals surface area contributed by atoms with Crippen LogP contribution in [-0.4, -0.2) is 56.7 Å². The molecular weight excluding hydrogens is 354 g/mol. The molecule has 0 radical (unpaired) electrons. The van der Waals surface area contributed by atoms with Crippen molar-refractivity contribution in [1.29, 1.82) is 0 Å². The van der Waals surface area contributed by atoms with Crippen molar-refractivity contribution in [2.45, 2.75) is 49.6 Å². The average Bonchev–Trinajstić information content (AvgIpc) is 3.35. The molecule has 0 aromatic heterocycles. The normalized spacial score (nSPS) is 20.9. The number of benzene rings is 1. The van der Waals surface area contributed by atoms with Gasteiger partial charge in [-0.2, -0.15) is 0 Å². The number of ketones is 1. The van der Waals surface area contributed by atoms with Crippen LogP contribution in [0, 0.1) is 0 Å². The van der Waals surface area contributed by atoms with Gasteiger partial charge in [0.25, 0.3) is 0 Å². The predicted molar refractivity (Wildman–Crippen MR) is 97.4 cm³/mol. The number of sulfonamides is 1. The summed E-state index contributed by atoms with van der Waals surface area (Å²) in [5.74, 6) is -0.256. The standard InChI is InChI=1S/C18H25N3O4S/c1-13(22)14-2-6-17(7-3-14)26(24,25)19-10-8-18(23)20-15-9-11-21(12-15)16-4-5-16/h2-3,6-7,15-16,19H,4-5,8-12H2,1H3,(H,20,23). The van der Waals surface area contributed by atoms with E-state index in [0.717, 1.165) is 19.5 Å². The third kappa shape index (κ3) is 4.90. The first-order chi connectivity index (χ1) is 12.3. The molecule has 1 saturated carbocycles. The fourth-order valence-corrected chi connectivity index (χ4v) is 4.26. The third-order valence-electron chi connectivity index (χ3n) is 4.86. The Hall–Kier alpha value is -1.77. The van der Waals surface area contributed by atoms with E-state index in [1.807, 2.05) is 0 Å². The van der Waals surface area contributed by atoms with Crippen LogP contribution in [0.3, 0.4) is 0 Å². The monoisotopic (exact) mass is 379 g/mol. The lowest BCUT2D eigenvalue weighted by molar-refractivity contribution is -0.121. The number of hydrogen-bond acceptors (Lipinski definition) is 5. The van der Waals surface area contributed by atoms with Crippen molar-refractivity contribution in [3.8, 4) is 0 Å². The number of nitrogens with one attached hydrogen (secondary N) is 2. The van der Waals surface area contributed by atoms with Gasteiger partial charge in [-0.25, -0.2) is 13.1 Å². The summed E-state index contributed by atoms with van der Waals surface area (Å²) >= 11 is 0. The van der Waals surface area contributed by atoms with Crippen molar-refractivity contribution in [2.75, 3.05) is 19.6 Å². The summed E-state index contributed by atoms with van der Waals surface area (Å²) in [6.45, 7) is 3.39. The lowest BCUT2D eigenvalue weighted by Gasteiger charge is -2.15. The highest BCUT2D eigenvalue weighted by Gasteiger charge is 2.34. The molecule has 3 rings (SSSR count). The van der Waals surface area contributed by atoms with Gasteiger partial charge < -0.3 is 5.32 Å². The molecule has 1 aromatic rings. The summed E-state index contributed by atoms with van der Waals surface area (Å²) in [7, 11) is -3.69. The first-order valence-corrected chi connectivity index (χ1v) is 10.5. The summed E-state index contributed by atoms with van der Waals surface area (Å²) in [5, 5.41) is 2.98. The molecule has 8 heteroatoms. The predicted octanol–water partition coefficient (Wildman–Crippen LogP) is 0.911. The van der Waals surface area contributed by atoms with Gasteiger partial charge in [-0.3, -0.25) is 14.5 Å². The summed E-state index contributed by atoms with van der Waals surface area (Å²) in [5.41, 5.74) is 0.458. The summed E-state index contributed by atoms with van der Waals surface area (Å²) in [6.07, 6.45) is 3.58. The van der Waals surface area contributed by atoms with E-state index in [1.165, 1.54) is 44.0 Å². The largest absolute Gasteiger partial charge is 0.352 e. The first kappa shape index (κ1) is 19.0. The molecule has 0 bridgehead atoms. The quantitative estimate of drug-likeness (QED) is 0.655. The molecule has 1 amide bonds. The third-order valence-corrected chi connectivity index (χ3v) is 6.34. The molecule has 142 valence electrons. The van der Waals surface area contributed by atoms with Crippen LogP contribution >= 0.6 is 0 Å². The minimum absolute atomic E-state index is 0.0433. The van der Waals surface area contributed by atoms with Gasteiger partial charge in [0.2, 0.25) is 15.9 Å². The zero-order valence-electron chi connectivity index (χ0n) is 14.9. The highest BCUT2D eigenvalue weighted by molar-refractivity contribution is 7.89. The van der Waals surface area contributed by atoms with Gasteiger partial charge in [0.05, 0.1) is 4.90 Å². The molecular formula is C18H25N3O4S. The molecule has 2 N–H and O–H groups in total. The van der Waals surface area contributed by atoms with E-state index in [2.05, 4.69) is 14.9 Å². The van der Waals surface area contributed by atoms with Crippen LogP contribution < -0.4 is 10.0 Å². The van der Waals surface area contributed by atoms with E-state index in [-0.39, 0.29) is 35.6 Å². The Morgan fingerprint density at radius 1 is 1.15 bits per heavy atom. The lowest BCUT2D eigenvalue weighted by atomic mass is 10.2. The highest BCUT2D eigenvalue weighted by atomic mass is 32.2. The van der Waals surface area contributed by atoms with E-state index in [0.29, 0.717) is 11.6 Å². The Labute approximate surface area is 154 Å². The van der Waals surface area contributed by atoms with Crippen molar-refractivity contribution in [3.63, 3.8) is 0 Å². The number of rotatable bonds is 8. The molecule has 1 aliphatic heterocycles. The van der Waals surface area contributed by atoms with Crippen LogP contribution in [0.15, 0.2) is 29.2 Å². The maximum Gasteiger partial charge on any atom is 0.240 e. The molecule has 1 aliphatic carbocycles. The number of likely N-dealkylation sites (tertiary alicyclic amines) is 1. The van der Waals surface area contributed by atoms with Gasteiger partial charge in [0.1, 0.15) is 0 Å². The summed E-state index contributed by atoms with van der Waals surface area (Å²) in [6, 6.07) is 6.62. The molecule has 2 aliphatic rings. The fourth-order valence-electron chi connectivity index (χ4n) is 3.23. The minimum Gasteiger partial charge on any atom is -0.352 e.